The zero-order valence-electron chi connectivity index (χ0n) is 22.6. The number of methoxy groups -OCH3 is 1. The molecule has 8 nitrogen and oxygen atoms in total. The van der Waals surface area contributed by atoms with Crippen molar-refractivity contribution in [3.05, 3.63) is 17.7 Å². The SMILES string of the molecule is COc1cc2c(NC3CCN(C)CC3)nc(N3CCCN(C)CC3)nc2cc1CCC1CCCCN1. The van der Waals surface area contributed by atoms with Crippen molar-refractivity contribution in [2.24, 2.45) is 0 Å². The first-order valence-electron chi connectivity index (χ1n) is 14.1. The summed E-state index contributed by atoms with van der Waals surface area (Å²) < 4.78 is 5.90. The Hall–Kier alpha value is -2.16. The van der Waals surface area contributed by atoms with Gasteiger partial charge in [-0.25, -0.2) is 4.98 Å². The van der Waals surface area contributed by atoms with Crippen LogP contribution in [0.5, 0.6) is 5.75 Å². The highest BCUT2D eigenvalue weighted by atomic mass is 16.5. The highest BCUT2D eigenvalue weighted by molar-refractivity contribution is 5.92. The van der Waals surface area contributed by atoms with Gasteiger partial charge in [0, 0.05) is 37.1 Å². The van der Waals surface area contributed by atoms with Crippen molar-refractivity contribution >= 4 is 22.7 Å². The van der Waals surface area contributed by atoms with Crippen LogP contribution < -0.4 is 20.3 Å². The summed E-state index contributed by atoms with van der Waals surface area (Å²) in [6.45, 7) is 7.52. The fraction of sp³-hybridized carbons (Fsp3) is 0.714. The van der Waals surface area contributed by atoms with Crippen LogP contribution in [-0.4, -0.2) is 98.9 Å². The number of anilines is 2. The van der Waals surface area contributed by atoms with E-state index in [1.54, 1.807) is 7.11 Å². The van der Waals surface area contributed by atoms with E-state index in [0.717, 1.165) is 106 Å². The zero-order chi connectivity index (χ0) is 24.9. The molecule has 198 valence electrons. The number of piperidine rings is 2. The van der Waals surface area contributed by atoms with Gasteiger partial charge in [0.15, 0.2) is 0 Å². The molecule has 0 aliphatic carbocycles. The molecule has 4 heterocycles. The zero-order valence-corrected chi connectivity index (χ0v) is 22.6. The monoisotopic (exact) mass is 495 g/mol. The van der Waals surface area contributed by atoms with E-state index in [1.807, 2.05) is 0 Å². The lowest BCUT2D eigenvalue weighted by Crippen LogP contribution is -2.37. The Morgan fingerprint density at radius 3 is 2.56 bits per heavy atom. The van der Waals surface area contributed by atoms with Gasteiger partial charge in [0.25, 0.3) is 0 Å². The van der Waals surface area contributed by atoms with Gasteiger partial charge in [0.1, 0.15) is 11.6 Å². The lowest BCUT2D eigenvalue weighted by atomic mass is 9.97. The summed E-state index contributed by atoms with van der Waals surface area (Å²) >= 11 is 0. The van der Waals surface area contributed by atoms with E-state index in [4.69, 9.17) is 14.7 Å². The van der Waals surface area contributed by atoms with Crippen LogP contribution in [0, 0.1) is 0 Å². The summed E-state index contributed by atoms with van der Waals surface area (Å²) in [5.74, 6) is 2.77. The number of nitrogens with one attached hydrogen (secondary N) is 2. The minimum absolute atomic E-state index is 0.436. The molecule has 1 atom stereocenters. The maximum atomic E-state index is 5.90. The number of hydrogen-bond donors (Lipinski definition) is 2. The van der Waals surface area contributed by atoms with Crippen LogP contribution in [0.25, 0.3) is 10.9 Å². The molecule has 3 saturated heterocycles. The number of fused-ring (bicyclic) bond motifs is 1. The van der Waals surface area contributed by atoms with Gasteiger partial charge >= 0.3 is 0 Å². The molecule has 3 fully saturated rings. The summed E-state index contributed by atoms with van der Waals surface area (Å²) in [6.07, 6.45) is 9.45. The lowest BCUT2D eigenvalue weighted by molar-refractivity contribution is 0.264. The summed E-state index contributed by atoms with van der Waals surface area (Å²) in [4.78, 5) is 17.5. The van der Waals surface area contributed by atoms with Crippen molar-refractivity contribution in [2.45, 2.75) is 63.5 Å². The van der Waals surface area contributed by atoms with Gasteiger partial charge in [0.05, 0.1) is 12.6 Å². The van der Waals surface area contributed by atoms with Crippen LogP contribution >= 0.6 is 0 Å². The fourth-order valence-electron chi connectivity index (χ4n) is 5.92. The molecule has 3 aliphatic heterocycles. The second-order valence-corrected chi connectivity index (χ2v) is 11.1. The van der Waals surface area contributed by atoms with Gasteiger partial charge in [0.2, 0.25) is 5.95 Å². The summed E-state index contributed by atoms with van der Waals surface area (Å²) in [5.41, 5.74) is 2.28. The van der Waals surface area contributed by atoms with Gasteiger partial charge in [-0.05, 0) is 103 Å². The molecule has 0 amide bonds. The quantitative estimate of drug-likeness (QED) is 0.606. The van der Waals surface area contributed by atoms with Crippen molar-refractivity contribution in [1.82, 2.24) is 25.1 Å². The molecule has 0 saturated carbocycles. The highest BCUT2D eigenvalue weighted by Gasteiger charge is 2.22. The summed E-state index contributed by atoms with van der Waals surface area (Å²) in [6, 6.07) is 5.49. The third-order valence-corrected chi connectivity index (χ3v) is 8.32. The van der Waals surface area contributed by atoms with Crippen molar-refractivity contribution in [1.29, 1.82) is 0 Å². The normalized spacial score (nSPS) is 23.1. The average Bonchev–Trinajstić information content (AvgIpc) is 3.13. The molecule has 1 aromatic heterocycles. The van der Waals surface area contributed by atoms with Crippen LogP contribution in [0.2, 0.25) is 0 Å². The largest absolute Gasteiger partial charge is 0.496 e. The Labute approximate surface area is 216 Å². The number of likely N-dealkylation sites (N-methyl/N-ethyl adjacent to an activating group) is 1. The third-order valence-electron chi connectivity index (χ3n) is 8.32. The predicted octanol–water partition coefficient (Wildman–Crippen LogP) is 3.36. The first-order chi connectivity index (χ1) is 17.6. The minimum Gasteiger partial charge on any atom is -0.496 e. The average molecular weight is 496 g/mol. The van der Waals surface area contributed by atoms with Crippen molar-refractivity contribution in [3.63, 3.8) is 0 Å². The van der Waals surface area contributed by atoms with E-state index in [2.05, 4.69) is 51.6 Å². The van der Waals surface area contributed by atoms with Crippen LogP contribution in [0.3, 0.4) is 0 Å². The Bertz CT molecular complexity index is 1000. The number of benzene rings is 1. The molecule has 5 rings (SSSR count). The fourth-order valence-corrected chi connectivity index (χ4v) is 5.92. The highest BCUT2D eigenvalue weighted by Crippen LogP contribution is 2.33. The van der Waals surface area contributed by atoms with Gasteiger partial charge in [-0.2, -0.15) is 4.98 Å². The van der Waals surface area contributed by atoms with E-state index in [0.29, 0.717) is 12.1 Å². The predicted molar refractivity (Wildman–Crippen MR) is 149 cm³/mol. The summed E-state index contributed by atoms with van der Waals surface area (Å²) in [7, 11) is 6.20. The Morgan fingerprint density at radius 1 is 0.944 bits per heavy atom. The van der Waals surface area contributed by atoms with Gasteiger partial charge < -0.3 is 30.1 Å². The standard InChI is InChI=1S/C28H45N7O/c1-33-13-6-14-35(18-17-33)28-31-25-19-21(8-9-22-7-4-5-12-29-22)26(36-3)20-24(25)27(32-28)30-23-10-15-34(2)16-11-23/h19-20,22-23,29H,4-18H2,1-3H3,(H,30,31,32). The van der Waals surface area contributed by atoms with Crippen molar-refractivity contribution < 1.29 is 4.74 Å². The third kappa shape index (κ3) is 6.21. The molecule has 2 aromatic rings. The smallest absolute Gasteiger partial charge is 0.227 e. The van der Waals surface area contributed by atoms with E-state index >= 15 is 0 Å². The number of aromatic nitrogens is 2. The molecule has 3 aliphatic rings. The minimum atomic E-state index is 0.436. The van der Waals surface area contributed by atoms with Crippen LogP contribution in [0.4, 0.5) is 11.8 Å². The molecule has 8 heteroatoms. The Kier molecular flexibility index (Phi) is 8.44. The molecule has 0 bridgehead atoms. The van der Waals surface area contributed by atoms with Crippen LogP contribution in [0.15, 0.2) is 12.1 Å². The number of ether oxygens (including phenoxy) is 1. The molecule has 2 N–H and O–H groups in total. The number of hydrogen-bond acceptors (Lipinski definition) is 8. The number of nitrogens with zero attached hydrogens (tertiary/aromatic N) is 5. The van der Waals surface area contributed by atoms with E-state index in [9.17, 15) is 0 Å². The lowest BCUT2D eigenvalue weighted by Gasteiger charge is -2.30. The second kappa shape index (κ2) is 11.9. The number of likely N-dealkylation sites (tertiary alicyclic amines) is 1. The Balaban J connectivity index is 1.46. The molecule has 1 aromatic carbocycles. The maximum absolute atomic E-state index is 5.90. The molecular formula is C28H45N7O. The van der Waals surface area contributed by atoms with E-state index in [-0.39, 0.29) is 0 Å². The number of rotatable bonds is 7. The van der Waals surface area contributed by atoms with Gasteiger partial charge in [-0.15, -0.1) is 0 Å². The van der Waals surface area contributed by atoms with Gasteiger partial charge in [-0.1, -0.05) is 6.42 Å². The second-order valence-electron chi connectivity index (χ2n) is 11.1. The summed E-state index contributed by atoms with van der Waals surface area (Å²) in [5, 5.41) is 8.59. The molecular weight excluding hydrogens is 450 g/mol. The van der Waals surface area contributed by atoms with Crippen molar-refractivity contribution in [2.75, 3.05) is 77.2 Å². The van der Waals surface area contributed by atoms with Crippen molar-refractivity contribution in [3.8, 4) is 5.75 Å². The topological polar surface area (TPSA) is 68.8 Å². The Morgan fingerprint density at radius 2 is 1.78 bits per heavy atom. The molecule has 0 spiro atoms. The van der Waals surface area contributed by atoms with Crippen LogP contribution in [-0.2, 0) is 6.42 Å². The van der Waals surface area contributed by atoms with E-state index < -0.39 is 0 Å². The molecule has 1 unspecified atom stereocenters. The van der Waals surface area contributed by atoms with Gasteiger partial charge in [-0.3, -0.25) is 0 Å². The number of aryl methyl sites for hydroxylation is 1. The molecule has 0 radical (unpaired) electrons. The first-order valence-corrected chi connectivity index (χ1v) is 14.1. The molecule has 36 heavy (non-hydrogen) atoms. The maximum Gasteiger partial charge on any atom is 0.227 e. The van der Waals surface area contributed by atoms with E-state index in [1.165, 1.54) is 24.8 Å². The first kappa shape index (κ1) is 25.5. The van der Waals surface area contributed by atoms with Crippen LogP contribution in [0.1, 0.15) is 50.5 Å².